The van der Waals surface area contributed by atoms with Gasteiger partial charge in [0.25, 0.3) is 5.91 Å². The fourth-order valence-electron chi connectivity index (χ4n) is 2.70. The summed E-state index contributed by atoms with van der Waals surface area (Å²) in [4.78, 5) is 19.8. The first-order chi connectivity index (χ1) is 12.1. The molecule has 3 aromatic heterocycles. The molecule has 7 nitrogen and oxygen atoms in total. The highest BCUT2D eigenvalue weighted by Crippen LogP contribution is 2.29. The normalized spacial score (nSPS) is 10.4. The SMILES string of the molecule is Cc1nn(C)c2nc(-c3cccs3)cc(C(=O)N(CC#N)CC#N)c12. The summed E-state index contributed by atoms with van der Waals surface area (Å²) in [6.07, 6.45) is 0. The van der Waals surface area contributed by atoms with Gasteiger partial charge in [-0.05, 0) is 24.4 Å². The minimum absolute atomic E-state index is 0.149. The lowest BCUT2D eigenvalue weighted by atomic mass is 10.1. The fraction of sp³-hybridized carbons (Fsp3) is 0.235. The Bertz CT molecular complexity index is 1010. The highest BCUT2D eigenvalue weighted by atomic mass is 32.1. The van der Waals surface area contributed by atoms with Crippen LogP contribution in [0.15, 0.2) is 23.6 Å². The molecular weight excluding hydrogens is 336 g/mol. The number of pyridine rings is 1. The summed E-state index contributed by atoms with van der Waals surface area (Å²) in [5.74, 6) is -0.371. The Hall–Kier alpha value is -3.23. The third-order valence-electron chi connectivity index (χ3n) is 3.78. The van der Waals surface area contributed by atoms with Gasteiger partial charge in [0, 0.05) is 7.05 Å². The van der Waals surface area contributed by atoms with Crippen LogP contribution in [0.2, 0.25) is 0 Å². The molecule has 3 aromatic rings. The molecule has 0 atom stereocenters. The van der Waals surface area contributed by atoms with Gasteiger partial charge in [-0.25, -0.2) is 4.98 Å². The Labute approximate surface area is 148 Å². The first-order valence-electron chi connectivity index (χ1n) is 7.48. The molecule has 0 saturated heterocycles. The Balaban J connectivity index is 2.24. The van der Waals surface area contributed by atoms with E-state index >= 15 is 0 Å². The van der Waals surface area contributed by atoms with Crippen molar-refractivity contribution >= 4 is 28.3 Å². The van der Waals surface area contributed by atoms with Crippen LogP contribution in [0.4, 0.5) is 0 Å². The molecule has 0 bridgehead atoms. The average molecular weight is 350 g/mol. The van der Waals surface area contributed by atoms with Crippen LogP contribution in [0.1, 0.15) is 16.1 Å². The number of fused-ring (bicyclic) bond motifs is 1. The summed E-state index contributed by atoms with van der Waals surface area (Å²) in [7, 11) is 1.77. The number of carbonyl (C=O) groups is 1. The smallest absolute Gasteiger partial charge is 0.256 e. The van der Waals surface area contributed by atoms with Crippen LogP contribution in [-0.2, 0) is 7.05 Å². The number of rotatable bonds is 4. The molecule has 0 aliphatic rings. The second-order valence-electron chi connectivity index (χ2n) is 5.42. The number of aromatic nitrogens is 3. The van der Waals surface area contributed by atoms with E-state index in [0.29, 0.717) is 28.0 Å². The lowest BCUT2D eigenvalue weighted by molar-refractivity contribution is 0.0796. The molecule has 0 unspecified atom stereocenters. The van der Waals surface area contributed by atoms with Crippen LogP contribution in [0, 0.1) is 29.6 Å². The van der Waals surface area contributed by atoms with Gasteiger partial charge in [0.1, 0.15) is 13.1 Å². The van der Waals surface area contributed by atoms with Crippen LogP contribution < -0.4 is 0 Å². The Morgan fingerprint density at radius 1 is 1.36 bits per heavy atom. The van der Waals surface area contributed by atoms with Crippen molar-refractivity contribution in [2.45, 2.75) is 6.92 Å². The van der Waals surface area contributed by atoms with Crippen molar-refractivity contribution in [3.63, 3.8) is 0 Å². The van der Waals surface area contributed by atoms with Crippen LogP contribution in [-0.4, -0.2) is 38.7 Å². The zero-order chi connectivity index (χ0) is 18.0. The second kappa shape index (κ2) is 6.71. The van der Waals surface area contributed by atoms with Gasteiger partial charge < -0.3 is 4.90 Å². The standard InChI is InChI=1S/C17H14N6OS/c1-11-15-12(17(24)23(7-5-18)8-6-19)10-13(14-4-3-9-25-14)20-16(15)22(2)21-11/h3-4,9-10H,7-8H2,1-2H3. The fourth-order valence-corrected chi connectivity index (χ4v) is 3.39. The largest absolute Gasteiger partial charge is 0.312 e. The van der Waals surface area contributed by atoms with Crippen LogP contribution >= 0.6 is 11.3 Å². The number of hydrogen-bond acceptors (Lipinski definition) is 6. The predicted octanol–water partition coefficient (Wildman–Crippen LogP) is 2.49. The maximum Gasteiger partial charge on any atom is 0.256 e. The zero-order valence-electron chi connectivity index (χ0n) is 13.7. The molecule has 0 spiro atoms. The highest BCUT2D eigenvalue weighted by Gasteiger charge is 2.23. The van der Waals surface area contributed by atoms with Crippen molar-refractivity contribution in [2.24, 2.45) is 7.05 Å². The third kappa shape index (κ3) is 2.95. The van der Waals surface area contributed by atoms with Crippen LogP contribution in [0.25, 0.3) is 21.6 Å². The summed E-state index contributed by atoms with van der Waals surface area (Å²) < 4.78 is 1.64. The summed E-state index contributed by atoms with van der Waals surface area (Å²) in [6, 6.07) is 9.43. The lowest BCUT2D eigenvalue weighted by Crippen LogP contribution is -2.32. The molecule has 0 fully saturated rings. The number of hydrogen-bond donors (Lipinski definition) is 0. The number of aryl methyl sites for hydroxylation is 2. The van der Waals surface area contributed by atoms with Crippen molar-refractivity contribution in [1.82, 2.24) is 19.7 Å². The minimum atomic E-state index is -0.371. The lowest BCUT2D eigenvalue weighted by Gasteiger charge is -2.17. The molecule has 0 aliphatic heterocycles. The van der Waals surface area contributed by atoms with Crippen LogP contribution in [0.5, 0.6) is 0 Å². The molecule has 1 amide bonds. The van der Waals surface area contributed by atoms with Gasteiger partial charge in [0.15, 0.2) is 5.65 Å². The molecule has 0 saturated carbocycles. The molecule has 0 aliphatic carbocycles. The van der Waals surface area contributed by atoms with Crippen molar-refractivity contribution in [1.29, 1.82) is 10.5 Å². The summed E-state index contributed by atoms with van der Waals surface area (Å²) >= 11 is 1.52. The van der Waals surface area contributed by atoms with Gasteiger partial charge in [-0.1, -0.05) is 6.07 Å². The maximum absolute atomic E-state index is 13.0. The zero-order valence-corrected chi connectivity index (χ0v) is 14.5. The van der Waals surface area contributed by atoms with Gasteiger partial charge in [0.2, 0.25) is 0 Å². The van der Waals surface area contributed by atoms with Crippen molar-refractivity contribution < 1.29 is 4.79 Å². The third-order valence-corrected chi connectivity index (χ3v) is 4.68. The van der Waals surface area contributed by atoms with Gasteiger partial charge in [-0.15, -0.1) is 11.3 Å². The Morgan fingerprint density at radius 3 is 2.68 bits per heavy atom. The molecule has 124 valence electrons. The van der Waals surface area contributed by atoms with Crippen molar-refractivity contribution in [3.8, 4) is 22.7 Å². The average Bonchev–Trinajstić information content (AvgIpc) is 3.22. The first kappa shape index (κ1) is 16.6. The molecule has 25 heavy (non-hydrogen) atoms. The number of nitriles is 2. The van der Waals surface area contributed by atoms with Gasteiger partial charge in [0.05, 0.1) is 39.4 Å². The van der Waals surface area contributed by atoms with E-state index in [1.54, 1.807) is 17.8 Å². The van der Waals surface area contributed by atoms with E-state index in [-0.39, 0.29) is 19.0 Å². The molecule has 0 aromatic carbocycles. The van der Waals surface area contributed by atoms with E-state index in [2.05, 4.69) is 10.1 Å². The predicted molar refractivity (Wildman–Crippen MR) is 93.7 cm³/mol. The molecular formula is C17H14N6OS. The highest BCUT2D eigenvalue weighted by molar-refractivity contribution is 7.13. The summed E-state index contributed by atoms with van der Waals surface area (Å²) in [5, 5.41) is 24.9. The molecule has 0 radical (unpaired) electrons. The topological polar surface area (TPSA) is 98.6 Å². The number of thiophene rings is 1. The van der Waals surface area contributed by atoms with E-state index in [1.807, 2.05) is 36.6 Å². The minimum Gasteiger partial charge on any atom is -0.312 e. The Morgan fingerprint density at radius 2 is 2.08 bits per heavy atom. The van der Waals surface area contributed by atoms with Gasteiger partial charge in [-0.3, -0.25) is 9.48 Å². The number of nitrogens with zero attached hydrogens (tertiary/aromatic N) is 6. The number of amides is 1. The van der Waals surface area contributed by atoms with E-state index in [0.717, 1.165) is 4.88 Å². The van der Waals surface area contributed by atoms with E-state index < -0.39 is 0 Å². The van der Waals surface area contributed by atoms with Crippen LogP contribution in [0.3, 0.4) is 0 Å². The first-order valence-corrected chi connectivity index (χ1v) is 8.36. The molecule has 8 heteroatoms. The second-order valence-corrected chi connectivity index (χ2v) is 6.37. The van der Waals surface area contributed by atoms with E-state index in [9.17, 15) is 4.79 Å². The Kier molecular flexibility index (Phi) is 4.46. The summed E-state index contributed by atoms with van der Waals surface area (Å²) in [6.45, 7) is 1.51. The molecule has 3 heterocycles. The maximum atomic E-state index is 13.0. The quantitative estimate of drug-likeness (QED) is 0.673. The van der Waals surface area contributed by atoms with Gasteiger partial charge >= 0.3 is 0 Å². The van der Waals surface area contributed by atoms with E-state index in [1.165, 1.54) is 16.2 Å². The van der Waals surface area contributed by atoms with E-state index in [4.69, 9.17) is 10.5 Å². The molecule has 3 rings (SSSR count). The summed E-state index contributed by atoms with van der Waals surface area (Å²) in [5.41, 5.74) is 2.35. The monoisotopic (exact) mass is 350 g/mol. The molecule has 0 N–H and O–H groups in total. The number of carbonyl (C=O) groups excluding carboxylic acids is 1. The van der Waals surface area contributed by atoms with Gasteiger partial charge in [-0.2, -0.15) is 15.6 Å². The van der Waals surface area contributed by atoms with Crippen molar-refractivity contribution in [2.75, 3.05) is 13.1 Å². The van der Waals surface area contributed by atoms with Crippen molar-refractivity contribution in [3.05, 3.63) is 34.8 Å².